The predicted octanol–water partition coefficient (Wildman–Crippen LogP) is 2.22. The maximum Gasteiger partial charge on any atom is 0.407 e. The summed E-state index contributed by atoms with van der Waals surface area (Å²) < 4.78 is 10.9. The van der Waals surface area contributed by atoms with Gasteiger partial charge in [0, 0.05) is 25.6 Å². The lowest BCUT2D eigenvalue weighted by atomic mass is 9.98. The minimum atomic E-state index is -0.492. The number of nitrogens with one attached hydrogen (secondary N) is 1. The average molecular weight is 382 g/mol. The van der Waals surface area contributed by atoms with E-state index in [4.69, 9.17) is 9.47 Å². The molecule has 6 heteroatoms. The Balaban J connectivity index is 1.36. The molecule has 1 aliphatic heterocycles. The highest BCUT2D eigenvalue weighted by atomic mass is 16.5. The van der Waals surface area contributed by atoms with Crippen molar-refractivity contribution in [3.8, 4) is 11.1 Å². The van der Waals surface area contributed by atoms with Crippen LogP contribution < -0.4 is 5.32 Å². The molecule has 28 heavy (non-hydrogen) atoms. The van der Waals surface area contributed by atoms with Gasteiger partial charge in [0.15, 0.2) is 0 Å². The van der Waals surface area contributed by atoms with Gasteiger partial charge >= 0.3 is 6.09 Å². The second kappa shape index (κ2) is 8.73. The van der Waals surface area contributed by atoms with E-state index in [1.807, 2.05) is 24.3 Å². The first kappa shape index (κ1) is 18.9. The van der Waals surface area contributed by atoms with Crippen LogP contribution in [-0.4, -0.2) is 68.2 Å². The minimum absolute atomic E-state index is 0.0324. The number of morpholine rings is 1. The van der Waals surface area contributed by atoms with Crippen LogP contribution in [0.2, 0.25) is 0 Å². The summed E-state index contributed by atoms with van der Waals surface area (Å²) in [4.78, 5) is 14.5. The SMILES string of the molecule is O=C(NC(CO)CN1CCOCC1)OCC1c2ccccc2-c2ccccc21. The maximum absolute atomic E-state index is 12.3. The number of hydrogen-bond donors (Lipinski definition) is 2. The van der Waals surface area contributed by atoms with E-state index in [0.717, 1.165) is 13.1 Å². The van der Waals surface area contributed by atoms with Crippen LogP contribution in [0.1, 0.15) is 17.0 Å². The number of amides is 1. The number of benzene rings is 2. The number of aliphatic hydroxyl groups is 1. The Morgan fingerprint density at radius 2 is 1.71 bits per heavy atom. The van der Waals surface area contributed by atoms with Gasteiger partial charge in [-0.15, -0.1) is 0 Å². The largest absolute Gasteiger partial charge is 0.449 e. The number of hydrogen-bond acceptors (Lipinski definition) is 5. The third kappa shape index (κ3) is 4.04. The fraction of sp³-hybridized carbons (Fsp3) is 0.409. The summed E-state index contributed by atoms with van der Waals surface area (Å²) in [5.74, 6) is 0.0324. The van der Waals surface area contributed by atoms with E-state index < -0.39 is 6.09 Å². The fourth-order valence-corrected chi connectivity index (χ4v) is 4.05. The maximum atomic E-state index is 12.3. The normalized spacial score (nSPS) is 17.6. The Bertz CT molecular complexity index is 774. The fourth-order valence-electron chi connectivity index (χ4n) is 4.05. The van der Waals surface area contributed by atoms with E-state index in [1.54, 1.807) is 0 Å². The second-order valence-corrected chi connectivity index (χ2v) is 7.26. The van der Waals surface area contributed by atoms with Crippen molar-refractivity contribution in [3.63, 3.8) is 0 Å². The zero-order valence-electron chi connectivity index (χ0n) is 15.8. The van der Waals surface area contributed by atoms with Crippen LogP contribution in [-0.2, 0) is 9.47 Å². The minimum Gasteiger partial charge on any atom is -0.449 e. The first-order valence-corrected chi connectivity index (χ1v) is 9.78. The summed E-state index contributed by atoms with van der Waals surface area (Å²) in [6, 6.07) is 16.1. The summed E-state index contributed by atoms with van der Waals surface area (Å²) in [6.07, 6.45) is -0.492. The van der Waals surface area contributed by atoms with Crippen molar-refractivity contribution in [2.45, 2.75) is 12.0 Å². The Labute approximate surface area is 165 Å². The van der Waals surface area contributed by atoms with Crippen LogP contribution >= 0.6 is 0 Å². The third-order valence-corrected chi connectivity index (χ3v) is 5.47. The molecule has 0 aromatic heterocycles. The molecule has 1 aliphatic carbocycles. The molecule has 4 rings (SSSR count). The number of carbonyl (C=O) groups is 1. The Morgan fingerprint density at radius 3 is 2.32 bits per heavy atom. The van der Waals surface area contributed by atoms with Gasteiger partial charge in [0.05, 0.1) is 25.9 Å². The molecule has 1 amide bonds. The van der Waals surface area contributed by atoms with Crippen molar-refractivity contribution < 1.29 is 19.4 Å². The van der Waals surface area contributed by atoms with Crippen molar-refractivity contribution in [2.24, 2.45) is 0 Å². The van der Waals surface area contributed by atoms with Crippen LogP contribution in [0.15, 0.2) is 48.5 Å². The lowest BCUT2D eigenvalue weighted by Gasteiger charge is -2.30. The van der Waals surface area contributed by atoms with Gasteiger partial charge in [-0.3, -0.25) is 4.90 Å². The number of fused-ring (bicyclic) bond motifs is 3. The molecule has 0 spiro atoms. The van der Waals surface area contributed by atoms with Crippen LogP contribution in [0.3, 0.4) is 0 Å². The van der Waals surface area contributed by atoms with E-state index in [0.29, 0.717) is 19.8 Å². The van der Waals surface area contributed by atoms with E-state index in [9.17, 15) is 9.90 Å². The van der Waals surface area contributed by atoms with Crippen LogP contribution in [0.25, 0.3) is 11.1 Å². The van der Waals surface area contributed by atoms with Crippen LogP contribution in [0.4, 0.5) is 4.79 Å². The molecule has 1 saturated heterocycles. The van der Waals surface area contributed by atoms with Gasteiger partial charge in [-0.1, -0.05) is 48.5 Å². The highest BCUT2D eigenvalue weighted by Crippen LogP contribution is 2.44. The van der Waals surface area contributed by atoms with Crippen molar-refractivity contribution in [3.05, 3.63) is 59.7 Å². The molecular formula is C22H26N2O4. The zero-order valence-corrected chi connectivity index (χ0v) is 15.8. The highest BCUT2D eigenvalue weighted by molar-refractivity contribution is 5.79. The Hall–Kier alpha value is -2.41. The monoisotopic (exact) mass is 382 g/mol. The summed E-state index contributed by atoms with van der Waals surface area (Å²) >= 11 is 0. The van der Waals surface area contributed by atoms with Gasteiger partial charge in [-0.05, 0) is 22.3 Å². The van der Waals surface area contributed by atoms with Crippen molar-refractivity contribution >= 4 is 6.09 Å². The topological polar surface area (TPSA) is 71.0 Å². The summed E-state index contributed by atoms with van der Waals surface area (Å²) in [6.45, 7) is 3.72. The number of aliphatic hydroxyl groups excluding tert-OH is 1. The summed E-state index contributed by atoms with van der Waals surface area (Å²) in [5, 5.41) is 12.4. The smallest absolute Gasteiger partial charge is 0.407 e. The van der Waals surface area contributed by atoms with Crippen molar-refractivity contribution in [2.75, 3.05) is 46.1 Å². The number of nitrogens with zero attached hydrogens (tertiary/aromatic N) is 1. The number of alkyl carbamates (subject to hydrolysis) is 1. The number of ether oxygens (including phenoxy) is 2. The lowest BCUT2D eigenvalue weighted by molar-refractivity contribution is 0.0294. The van der Waals surface area contributed by atoms with Gasteiger partial charge in [-0.25, -0.2) is 4.79 Å². The molecule has 1 heterocycles. The molecule has 0 bridgehead atoms. The standard InChI is InChI=1S/C22H26N2O4/c25-14-16(13-24-9-11-27-12-10-24)23-22(26)28-15-21-19-7-3-1-5-17(19)18-6-2-4-8-20(18)21/h1-8,16,21,25H,9-15H2,(H,23,26). The molecule has 1 atom stereocenters. The predicted molar refractivity (Wildman–Crippen MR) is 106 cm³/mol. The first-order chi connectivity index (χ1) is 13.8. The molecule has 148 valence electrons. The number of rotatable bonds is 6. The van der Waals surface area contributed by atoms with E-state index >= 15 is 0 Å². The van der Waals surface area contributed by atoms with Crippen molar-refractivity contribution in [1.82, 2.24) is 10.2 Å². The molecule has 0 saturated carbocycles. The van der Waals surface area contributed by atoms with Crippen LogP contribution in [0.5, 0.6) is 0 Å². The summed E-state index contributed by atoms with van der Waals surface area (Å²) in [7, 11) is 0. The van der Waals surface area contributed by atoms with Gasteiger partial charge in [0.1, 0.15) is 6.61 Å². The second-order valence-electron chi connectivity index (χ2n) is 7.26. The number of carbonyl (C=O) groups excluding carboxylic acids is 1. The zero-order chi connectivity index (χ0) is 19.3. The van der Waals surface area contributed by atoms with Crippen molar-refractivity contribution in [1.29, 1.82) is 0 Å². The van der Waals surface area contributed by atoms with Crippen LogP contribution in [0, 0.1) is 0 Å². The molecule has 2 aromatic rings. The van der Waals surface area contributed by atoms with E-state index in [1.165, 1.54) is 22.3 Å². The molecule has 6 nitrogen and oxygen atoms in total. The molecule has 1 unspecified atom stereocenters. The quantitative estimate of drug-likeness (QED) is 0.802. The van der Waals surface area contributed by atoms with E-state index in [2.05, 4.69) is 34.5 Å². The molecule has 1 fully saturated rings. The Morgan fingerprint density at radius 1 is 1.11 bits per heavy atom. The molecule has 2 aromatic carbocycles. The van der Waals surface area contributed by atoms with Gasteiger partial charge in [-0.2, -0.15) is 0 Å². The molecular weight excluding hydrogens is 356 g/mol. The van der Waals surface area contributed by atoms with Gasteiger partial charge < -0.3 is 19.9 Å². The molecule has 2 N–H and O–H groups in total. The third-order valence-electron chi connectivity index (χ3n) is 5.47. The summed E-state index contributed by atoms with van der Waals surface area (Å²) in [5.41, 5.74) is 4.77. The van der Waals surface area contributed by atoms with E-state index in [-0.39, 0.29) is 25.2 Å². The van der Waals surface area contributed by atoms with Gasteiger partial charge in [0.25, 0.3) is 0 Å². The van der Waals surface area contributed by atoms with Gasteiger partial charge in [0.2, 0.25) is 0 Å². The first-order valence-electron chi connectivity index (χ1n) is 9.78. The highest BCUT2D eigenvalue weighted by Gasteiger charge is 2.29. The molecule has 0 radical (unpaired) electrons. The average Bonchev–Trinajstić information content (AvgIpc) is 3.06. The lowest BCUT2D eigenvalue weighted by Crippen LogP contribution is -2.49. The molecule has 2 aliphatic rings. The Kier molecular flexibility index (Phi) is 5.90.